The molecule has 0 radical (unpaired) electrons. The first kappa shape index (κ1) is 41.4. The molecule has 22 heteroatoms. The third-order valence-electron chi connectivity index (χ3n) is 8.07. The fourth-order valence-electron chi connectivity index (χ4n) is 5.27. The number of benzene rings is 1. The molecule has 1 aromatic carbocycles. The van der Waals surface area contributed by atoms with Crippen LogP contribution in [0.2, 0.25) is 0 Å². The van der Waals surface area contributed by atoms with Crippen LogP contribution in [0.4, 0.5) is 32.0 Å². The van der Waals surface area contributed by atoms with Crippen molar-refractivity contribution < 1.29 is 59.3 Å². The Bertz CT molecular complexity index is 2130. The van der Waals surface area contributed by atoms with E-state index in [1.165, 1.54) is 16.2 Å². The molecule has 0 spiro atoms. The van der Waals surface area contributed by atoms with Gasteiger partial charge < -0.3 is 19.9 Å². The first-order valence-corrected chi connectivity index (χ1v) is 19.4. The maximum Gasteiger partial charge on any atom is 0.490 e. The second kappa shape index (κ2) is 17.3. The average Bonchev–Trinajstić information content (AvgIpc) is 3.48. The van der Waals surface area contributed by atoms with Crippen molar-refractivity contribution in [2.45, 2.75) is 54.9 Å². The second-order valence-electron chi connectivity index (χ2n) is 12.2. The summed E-state index contributed by atoms with van der Waals surface area (Å²) in [5.41, 5.74) is 2.42. The van der Waals surface area contributed by atoms with Gasteiger partial charge >= 0.3 is 24.3 Å². The SMILES string of the molecule is O=C(O)C(F)(F)F.O=C(O)C(F)(F)F.O=S(=O)(c1cccs1)N(CC1CC1)c1cccc2cc(-c3ncc(CN4CCC(Oc5cnccn5)CC4)s3)[nH]c12. The number of nitrogens with zero attached hydrogens (tertiary/aromatic N) is 5. The summed E-state index contributed by atoms with van der Waals surface area (Å²) in [5, 5.41) is 17.9. The lowest BCUT2D eigenvalue weighted by atomic mass is 10.1. The predicted molar refractivity (Wildman–Crippen MR) is 189 cm³/mol. The van der Waals surface area contributed by atoms with E-state index < -0.39 is 34.3 Å². The van der Waals surface area contributed by atoms with Gasteiger partial charge in [-0.15, -0.1) is 22.7 Å². The number of aromatic amines is 1. The smallest absolute Gasteiger partial charge is 0.475 e. The number of carboxylic acids is 2. The van der Waals surface area contributed by atoms with E-state index in [1.54, 1.807) is 46.4 Å². The molecule has 5 aromatic rings. The highest BCUT2D eigenvalue weighted by Crippen LogP contribution is 2.39. The van der Waals surface area contributed by atoms with Crippen molar-refractivity contribution in [3.8, 4) is 16.6 Å². The van der Waals surface area contributed by atoms with Crippen LogP contribution < -0.4 is 9.04 Å². The number of carbonyl (C=O) groups is 2. The number of hydrogen-bond acceptors (Lipinski definition) is 11. The number of thiazole rings is 1. The molecule has 2 fully saturated rings. The van der Waals surface area contributed by atoms with Crippen LogP contribution in [0.5, 0.6) is 5.88 Å². The largest absolute Gasteiger partial charge is 0.490 e. The van der Waals surface area contributed by atoms with Gasteiger partial charge in [0.25, 0.3) is 10.0 Å². The molecule has 0 bridgehead atoms. The van der Waals surface area contributed by atoms with E-state index in [4.69, 9.17) is 29.5 Å². The molecule has 0 unspecified atom stereocenters. The Hall–Kier alpha value is -4.80. The second-order valence-corrected chi connectivity index (χ2v) is 16.4. The quantitative estimate of drug-likeness (QED) is 0.123. The molecule has 5 heterocycles. The predicted octanol–water partition coefficient (Wildman–Crippen LogP) is 7.06. The summed E-state index contributed by atoms with van der Waals surface area (Å²) < 4.78 is 98.8. The number of thiophene rings is 1. The van der Waals surface area contributed by atoms with E-state index in [9.17, 15) is 34.8 Å². The number of piperidine rings is 1. The molecule has 1 aliphatic carbocycles. The highest BCUT2D eigenvalue weighted by atomic mass is 32.2. The average molecular weight is 835 g/mol. The number of hydrogen-bond donors (Lipinski definition) is 3. The number of nitrogens with one attached hydrogen (secondary N) is 1. The molecule has 55 heavy (non-hydrogen) atoms. The number of sulfonamides is 1. The fraction of sp³-hybridized carbons (Fsp3) is 0.364. The number of fused-ring (bicyclic) bond motifs is 1. The number of para-hydroxylation sites is 1. The maximum atomic E-state index is 13.7. The first-order valence-electron chi connectivity index (χ1n) is 16.3. The molecule has 3 N–H and O–H groups in total. The Morgan fingerprint density at radius 2 is 1.62 bits per heavy atom. The van der Waals surface area contributed by atoms with Crippen LogP contribution in [0.15, 0.2) is 70.8 Å². The molecule has 1 aliphatic heterocycles. The fourth-order valence-corrected chi connectivity index (χ4v) is 8.85. The van der Waals surface area contributed by atoms with Gasteiger partial charge in [-0.1, -0.05) is 18.2 Å². The summed E-state index contributed by atoms with van der Waals surface area (Å²) >= 11 is 2.93. The van der Waals surface area contributed by atoms with Gasteiger partial charge in [-0.25, -0.2) is 28.0 Å². The number of ether oxygens (including phenoxy) is 1. The topological polar surface area (TPSA) is 179 Å². The highest BCUT2D eigenvalue weighted by molar-refractivity contribution is 7.94. The molecular formula is C33H32F6N6O7S3. The molecule has 296 valence electrons. The standard InChI is InChI=1S/C29H30N6O3S3.2C2HF3O2/c36-41(37,27-5-2-14-39-27)35(18-20-6-7-20)25-4-1-3-21-15-24(33-28(21)25)29-32-16-23(40-29)19-34-12-8-22(9-13-34)38-26-17-30-10-11-31-26;2*3-2(4,5)1(6)7/h1-5,10-11,14-17,20,22,33H,6-9,12-13,18-19H2;2*(H,6,7). The van der Waals surface area contributed by atoms with E-state index in [2.05, 4.69) is 25.9 Å². The Morgan fingerprint density at radius 3 is 2.18 bits per heavy atom. The zero-order chi connectivity index (χ0) is 40.0. The molecule has 0 atom stereocenters. The number of alkyl halides is 6. The monoisotopic (exact) mass is 834 g/mol. The zero-order valence-corrected chi connectivity index (χ0v) is 30.8. The van der Waals surface area contributed by atoms with Crippen LogP contribution in [-0.4, -0.2) is 93.5 Å². The van der Waals surface area contributed by atoms with Crippen molar-refractivity contribution in [3.05, 3.63) is 71.4 Å². The van der Waals surface area contributed by atoms with Gasteiger partial charge in [0.15, 0.2) is 0 Å². The number of likely N-dealkylation sites (tertiary alicyclic amines) is 1. The summed E-state index contributed by atoms with van der Waals surface area (Å²) in [4.78, 5) is 38.0. The van der Waals surface area contributed by atoms with Crippen molar-refractivity contribution in [1.82, 2.24) is 24.8 Å². The third kappa shape index (κ3) is 11.4. The lowest BCUT2D eigenvalue weighted by Gasteiger charge is -2.31. The van der Waals surface area contributed by atoms with E-state index >= 15 is 0 Å². The van der Waals surface area contributed by atoms with Gasteiger partial charge in [0.1, 0.15) is 15.3 Å². The van der Waals surface area contributed by atoms with Gasteiger partial charge in [0.05, 0.1) is 23.1 Å². The molecule has 1 saturated heterocycles. The first-order chi connectivity index (χ1) is 25.9. The van der Waals surface area contributed by atoms with E-state index in [0.29, 0.717) is 28.2 Å². The number of anilines is 1. The van der Waals surface area contributed by atoms with Gasteiger partial charge in [-0.2, -0.15) is 26.3 Å². The lowest BCUT2D eigenvalue weighted by Crippen LogP contribution is -2.37. The number of H-pyrrole nitrogens is 1. The van der Waals surface area contributed by atoms with Crippen LogP contribution >= 0.6 is 22.7 Å². The van der Waals surface area contributed by atoms with Gasteiger partial charge in [0.2, 0.25) is 5.88 Å². The van der Waals surface area contributed by atoms with Gasteiger partial charge in [-0.3, -0.25) is 14.2 Å². The zero-order valence-electron chi connectivity index (χ0n) is 28.3. The van der Waals surface area contributed by atoms with E-state index in [-0.39, 0.29) is 6.10 Å². The minimum absolute atomic E-state index is 0.156. The van der Waals surface area contributed by atoms with E-state index in [1.807, 2.05) is 29.8 Å². The lowest BCUT2D eigenvalue weighted by molar-refractivity contribution is -0.193. The molecule has 13 nitrogen and oxygen atoms in total. The number of carboxylic acid groups (broad SMARTS) is 2. The Labute approximate surface area is 317 Å². The molecule has 0 amide bonds. The summed E-state index contributed by atoms with van der Waals surface area (Å²) in [6.07, 6.45) is 0.917. The van der Waals surface area contributed by atoms with Crippen LogP contribution in [0.3, 0.4) is 0 Å². The van der Waals surface area contributed by atoms with E-state index in [0.717, 1.165) is 66.9 Å². The Balaban J connectivity index is 0.000000355. The van der Waals surface area contributed by atoms with Crippen molar-refractivity contribution >= 4 is 61.2 Å². The molecule has 4 aromatic heterocycles. The van der Waals surface area contributed by atoms with Crippen LogP contribution in [0.1, 0.15) is 30.6 Å². The number of aliphatic carboxylic acids is 2. The van der Waals surface area contributed by atoms with Crippen LogP contribution in [0.25, 0.3) is 21.6 Å². The van der Waals surface area contributed by atoms with Crippen LogP contribution in [0, 0.1) is 5.92 Å². The third-order valence-corrected chi connectivity index (χ3v) is 12.2. The van der Waals surface area contributed by atoms with Gasteiger partial charge in [0, 0.05) is 55.0 Å². The van der Waals surface area contributed by atoms with Crippen LogP contribution in [-0.2, 0) is 26.2 Å². The minimum atomic E-state index is -5.08. The number of halogens is 6. The number of aromatic nitrogens is 4. The number of rotatable bonds is 10. The molecule has 1 saturated carbocycles. The maximum absolute atomic E-state index is 13.7. The van der Waals surface area contributed by atoms with Crippen molar-refractivity contribution in [2.24, 2.45) is 5.92 Å². The Kier molecular flexibility index (Phi) is 13.0. The normalized spacial score (nSPS) is 15.4. The minimum Gasteiger partial charge on any atom is -0.475 e. The molecule has 7 rings (SSSR count). The summed E-state index contributed by atoms with van der Waals surface area (Å²) in [6.45, 7) is 3.23. The molecule has 2 aliphatic rings. The van der Waals surface area contributed by atoms with Crippen molar-refractivity contribution in [2.75, 3.05) is 23.9 Å². The summed E-state index contributed by atoms with van der Waals surface area (Å²) in [5.74, 6) is -4.53. The summed E-state index contributed by atoms with van der Waals surface area (Å²) in [6, 6.07) is 11.4. The highest BCUT2D eigenvalue weighted by Gasteiger charge is 2.39. The van der Waals surface area contributed by atoms with Crippen molar-refractivity contribution in [1.29, 1.82) is 0 Å². The Morgan fingerprint density at radius 1 is 0.945 bits per heavy atom. The van der Waals surface area contributed by atoms with Crippen molar-refractivity contribution in [3.63, 3.8) is 0 Å². The van der Waals surface area contributed by atoms with Gasteiger partial charge in [-0.05, 0) is 55.2 Å². The molecular weight excluding hydrogens is 803 g/mol. The summed E-state index contributed by atoms with van der Waals surface area (Å²) in [7, 11) is -3.65.